The molecule has 10 heteroatoms. The fourth-order valence-electron chi connectivity index (χ4n) is 4.08. The first kappa shape index (κ1) is 20.3. The van der Waals surface area contributed by atoms with Gasteiger partial charge < -0.3 is 16.0 Å². The van der Waals surface area contributed by atoms with Gasteiger partial charge in [-0.25, -0.2) is 15.0 Å². The predicted molar refractivity (Wildman–Crippen MR) is 105 cm³/mol. The number of anilines is 2. The molecule has 2 atom stereocenters. The molecule has 7 nitrogen and oxygen atoms in total. The van der Waals surface area contributed by atoms with Crippen LogP contribution in [0.3, 0.4) is 0 Å². The number of pyridine rings is 1. The van der Waals surface area contributed by atoms with E-state index in [9.17, 15) is 18.4 Å². The molecule has 0 aliphatic carbocycles. The van der Waals surface area contributed by atoms with Crippen molar-refractivity contribution in [2.45, 2.75) is 37.9 Å². The first-order valence-corrected chi connectivity index (χ1v) is 9.92. The van der Waals surface area contributed by atoms with Crippen LogP contribution >= 0.6 is 0 Å². The Balaban J connectivity index is 1.63. The van der Waals surface area contributed by atoms with E-state index in [4.69, 9.17) is 0 Å². The SMILES string of the molecule is C[C@@H](Nc1ncc(C#N)c(C2CNc3ncc(C(F)(F)F)cc32)n1)C1CCNCC1. The van der Waals surface area contributed by atoms with Gasteiger partial charge in [0.05, 0.1) is 23.0 Å². The number of nitrogens with zero attached hydrogens (tertiary/aromatic N) is 4. The zero-order valence-electron chi connectivity index (χ0n) is 16.4. The number of alkyl halides is 3. The van der Waals surface area contributed by atoms with E-state index < -0.39 is 17.7 Å². The fourth-order valence-corrected chi connectivity index (χ4v) is 4.08. The molecule has 0 saturated carbocycles. The van der Waals surface area contributed by atoms with Crippen molar-refractivity contribution in [2.75, 3.05) is 30.3 Å². The number of nitriles is 1. The number of nitrogens with one attached hydrogen (secondary N) is 3. The molecule has 0 aromatic carbocycles. The molecule has 1 saturated heterocycles. The summed E-state index contributed by atoms with van der Waals surface area (Å²) >= 11 is 0. The van der Waals surface area contributed by atoms with Gasteiger partial charge in [0.25, 0.3) is 0 Å². The number of hydrogen-bond donors (Lipinski definition) is 3. The van der Waals surface area contributed by atoms with Crippen molar-refractivity contribution in [2.24, 2.45) is 5.92 Å². The second-order valence-electron chi connectivity index (χ2n) is 7.72. The third-order valence-electron chi connectivity index (χ3n) is 5.81. The van der Waals surface area contributed by atoms with Crippen molar-refractivity contribution in [3.8, 4) is 6.07 Å². The Labute approximate surface area is 172 Å². The van der Waals surface area contributed by atoms with Crippen LogP contribution < -0.4 is 16.0 Å². The van der Waals surface area contributed by atoms with Gasteiger partial charge in [-0.3, -0.25) is 0 Å². The van der Waals surface area contributed by atoms with E-state index in [1.807, 2.05) is 0 Å². The molecule has 0 spiro atoms. The molecule has 2 aromatic rings. The van der Waals surface area contributed by atoms with E-state index in [1.54, 1.807) is 0 Å². The maximum atomic E-state index is 13.2. The maximum absolute atomic E-state index is 13.2. The van der Waals surface area contributed by atoms with Crippen LogP contribution in [-0.4, -0.2) is 40.6 Å². The predicted octanol–water partition coefficient (Wildman–Crippen LogP) is 3.12. The third kappa shape index (κ3) is 4.03. The zero-order valence-corrected chi connectivity index (χ0v) is 16.4. The largest absolute Gasteiger partial charge is 0.417 e. The van der Waals surface area contributed by atoms with Crippen LogP contribution in [0.25, 0.3) is 0 Å². The molecule has 2 aliphatic heterocycles. The third-order valence-corrected chi connectivity index (χ3v) is 5.81. The van der Waals surface area contributed by atoms with Gasteiger partial charge in [0.1, 0.15) is 11.9 Å². The van der Waals surface area contributed by atoms with E-state index in [2.05, 4.69) is 43.9 Å². The molecule has 0 bridgehead atoms. The van der Waals surface area contributed by atoms with Crippen molar-refractivity contribution < 1.29 is 13.2 Å². The summed E-state index contributed by atoms with van der Waals surface area (Å²) in [4.78, 5) is 12.7. The van der Waals surface area contributed by atoms with Crippen molar-refractivity contribution >= 4 is 11.8 Å². The number of rotatable bonds is 4. The molecule has 30 heavy (non-hydrogen) atoms. The van der Waals surface area contributed by atoms with E-state index in [1.165, 1.54) is 6.20 Å². The lowest BCUT2D eigenvalue weighted by Crippen LogP contribution is -2.36. The molecule has 3 N–H and O–H groups in total. The average molecular weight is 417 g/mol. The zero-order chi connectivity index (χ0) is 21.3. The summed E-state index contributed by atoms with van der Waals surface area (Å²) in [7, 11) is 0. The summed E-state index contributed by atoms with van der Waals surface area (Å²) in [6.45, 7) is 4.33. The minimum atomic E-state index is -4.49. The Bertz CT molecular complexity index is 964. The fraction of sp³-hybridized carbons (Fsp3) is 0.500. The molecule has 0 amide bonds. The summed E-state index contributed by atoms with van der Waals surface area (Å²) in [5.74, 6) is 0.722. The summed E-state index contributed by atoms with van der Waals surface area (Å²) in [5.41, 5.74) is 0.213. The molecule has 4 rings (SSSR count). The number of aromatic nitrogens is 3. The molecule has 4 heterocycles. The second-order valence-corrected chi connectivity index (χ2v) is 7.72. The molecule has 1 fully saturated rings. The molecule has 2 aliphatic rings. The first-order valence-electron chi connectivity index (χ1n) is 9.92. The lowest BCUT2D eigenvalue weighted by Gasteiger charge is -2.29. The maximum Gasteiger partial charge on any atom is 0.417 e. The monoisotopic (exact) mass is 417 g/mol. The van der Waals surface area contributed by atoms with E-state index in [-0.39, 0.29) is 11.6 Å². The van der Waals surface area contributed by atoms with Crippen LogP contribution in [-0.2, 0) is 6.18 Å². The second kappa shape index (κ2) is 8.07. The van der Waals surface area contributed by atoms with Gasteiger partial charge in [0.15, 0.2) is 0 Å². The van der Waals surface area contributed by atoms with Crippen LogP contribution in [0.15, 0.2) is 18.5 Å². The quantitative estimate of drug-likeness (QED) is 0.703. The van der Waals surface area contributed by atoms with Gasteiger partial charge in [0.2, 0.25) is 5.95 Å². The van der Waals surface area contributed by atoms with E-state index >= 15 is 0 Å². The Morgan fingerprint density at radius 3 is 2.70 bits per heavy atom. The minimum Gasteiger partial charge on any atom is -0.369 e. The number of fused-ring (bicyclic) bond motifs is 1. The van der Waals surface area contributed by atoms with Gasteiger partial charge in [-0.05, 0) is 44.8 Å². The highest BCUT2D eigenvalue weighted by atomic mass is 19.4. The first-order chi connectivity index (χ1) is 14.4. The number of halogens is 3. The van der Waals surface area contributed by atoms with Crippen LogP contribution in [0.4, 0.5) is 24.9 Å². The normalized spacial score (nSPS) is 20.2. The summed E-state index contributed by atoms with van der Waals surface area (Å²) in [5, 5.41) is 19.2. The van der Waals surface area contributed by atoms with Crippen molar-refractivity contribution in [3.63, 3.8) is 0 Å². The average Bonchev–Trinajstić information content (AvgIpc) is 3.17. The lowest BCUT2D eigenvalue weighted by atomic mass is 9.91. The Hall–Kier alpha value is -2.93. The van der Waals surface area contributed by atoms with Gasteiger partial charge in [-0.15, -0.1) is 0 Å². The van der Waals surface area contributed by atoms with Gasteiger partial charge >= 0.3 is 6.18 Å². The lowest BCUT2D eigenvalue weighted by molar-refractivity contribution is -0.137. The smallest absolute Gasteiger partial charge is 0.369 e. The van der Waals surface area contributed by atoms with Gasteiger partial charge in [0, 0.05) is 30.3 Å². The standard InChI is InChI=1S/C20H22F3N7/c1-11(12-2-4-25-5-3-12)29-19-28-8-13(7-24)17(30-19)16-10-27-18-15(16)6-14(9-26-18)20(21,22)23/h6,8-9,11-12,16,25H,2-5,10H2,1H3,(H,26,27)(H,28,29,30)/t11-,16?/m1/s1. The Kier molecular flexibility index (Phi) is 5.47. The summed E-state index contributed by atoms with van der Waals surface area (Å²) in [6, 6.07) is 3.28. The Morgan fingerprint density at radius 2 is 2.00 bits per heavy atom. The summed E-state index contributed by atoms with van der Waals surface area (Å²) < 4.78 is 39.5. The van der Waals surface area contributed by atoms with Crippen LogP contribution in [0.5, 0.6) is 0 Å². The van der Waals surface area contributed by atoms with Crippen LogP contribution in [0.2, 0.25) is 0 Å². The van der Waals surface area contributed by atoms with Gasteiger partial charge in [-0.1, -0.05) is 0 Å². The van der Waals surface area contributed by atoms with E-state index in [0.29, 0.717) is 35.5 Å². The minimum absolute atomic E-state index is 0.139. The van der Waals surface area contributed by atoms with Crippen LogP contribution in [0, 0.1) is 17.2 Å². The molecule has 1 unspecified atom stereocenters. The van der Waals surface area contributed by atoms with E-state index in [0.717, 1.165) is 38.2 Å². The van der Waals surface area contributed by atoms with Gasteiger partial charge in [-0.2, -0.15) is 18.4 Å². The van der Waals surface area contributed by atoms with Crippen LogP contribution in [0.1, 0.15) is 48.1 Å². The topological polar surface area (TPSA) is 98.5 Å². The molecular weight excluding hydrogens is 395 g/mol. The van der Waals surface area contributed by atoms with Crippen molar-refractivity contribution in [1.82, 2.24) is 20.3 Å². The molecular formula is C20H22F3N7. The number of piperidine rings is 1. The highest BCUT2D eigenvalue weighted by Crippen LogP contribution is 2.39. The van der Waals surface area contributed by atoms with Crippen molar-refractivity contribution in [3.05, 3.63) is 40.8 Å². The Morgan fingerprint density at radius 1 is 1.23 bits per heavy atom. The highest BCUT2D eigenvalue weighted by Gasteiger charge is 2.35. The number of hydrogen-bond acceptors (Lipinski definition) is 7. The molecule has 158 valence electrons. The summed E-state index contributed by atoms with van der Waals surface area (Å²) in [6.07, 6.45) is -0.159. The molecule has 2 aromatic heterocycles. The highest BCUT2D eigenvalue weighted by molar-refractivity contribution is 5.58. The molecule has 0 radical (unpaired) electrons. The van der Waals surface area contributed by atoms with Crippen molar-refractivity contribution in [1.29, 1.82) is 5.26 Å².